The highest BCUT2D eigenvalue weighted by Gasteiger charge is 2.24. The zero-order chi connectivity index (χ0) is 18.5. The van der Waals surface area contributed by atoms with E-state index in [9.17, 15) is 9.59 Å². The van der Waals surface area contributed by atoms with Gasteiger partial charge in [0.15, 0.2) is 0 Å². The summed E-state index contributed by atoms with van der Waals surface area (Å²) in [5.74, 6) is -0.342. The van der Waals surface area contributed by atoms with Gasteiger partial charge in [-0.1, -0.05) is 53.2 Å². The third kappa shape index (κ3) is 4.62. The number of ketones is 1. The van der Waals surface area contributed by atoms with Gasteiger partial charge in [-0.25, -0.2) is 0 Å². The van der Waals surface area contributed by atoms with Crippen LogP contribution in [0.5, 0.6) is 0 Å². The molecule has 1 unspecified atom stereocenters. The van der Waals surface area contributed by atoms with Crippen molar-refractivity contribution in [2.45, 2.75) is 24.1 Å². The second-order valence-corrected chi connectivity index (χ2v) is 8.12. The number of amides is 1. The Kier molecular flexibility index (Phi) is 5.91. The smallest absolute Gasteiger partial charge is 0.252 e. The molecule has 26 heavy (non-hydrogen) atoms. The van der Waals surface area contributed by atoms with Crippen LogP contribution in [-0.2, 0) is 0 Å². The Hall–Kier alpha value is -2.37. The average Bonchev–Trinajstić information content (AvgIpc) is 3.17. The first kappa shape index (κ1) is 18.4. The molecule has 0 bridgehead atoms. The van der Waals surface area contributed by atoms with Gasteiger partial charge in [0, 0.05) is 10.5 Å². The lowest BCUT2D eigenvalue weighted by molar-refractivity contribution is 0.0894. The molecule has 0 spiro atoms. The average molecular weight is 382 g/mol. The summed E-state index contributed by atoms with van der Waals surface area (Å²) in [6.45, 7) is 3.99. The number of Topliss-reactive ketones (excluding diaryl/α,β-unsaturated/α-hetero) is 1. The molecule has 2 aromatic carbocycles. The number of hydrogen-bond acceptors (Lipinski definition) is 4. The van der Waals surface area contributed by atoms with E-state index in [4.69, 9.17) is 0 Å². The molecule has 0 aliphatic carbocycles. The molecule has 3 nitrogen and oxygen atoms in total. The van der Waals surface area contributed by atoms with Gasteiger partial charge < -0.3 is 5.32 Å². The number of thioether (sulfide) groups is 1. The highest BCUT2D eigenvalue weighted by Crippen LogP contribution is 2.26. The lowest BCUT2D eigenvalue weighted by Gasteiger charge is -2.17. The highest BCUT2D eigenvalue weighted by molar-refractivity contribution is 8.00. The number of benzene rings is 2. The molecule has 1 atom stereocenters. The Labute approximate surface area is 161 Å². The third-order valence-corrected chi connectivity index (χ3v) is 5.85. The van der Waals surface area contributed by atoms with Gasteiger partial charge in [0.1, 0.15) is 5.37 Å². The van der Waals surface area contributed by atoms with Gasteiger partial charge in [0.05, 0.1) is 4.88 Å². The van der Waals surface area contributed by atoms with E-state index in [0.717, 1.165) is 16.0 Å². The number of aryl methyl sites for hydroxylation is 2. The van der Waals surface area contributed by atoms with Gasteiger partial charge >= 0.3 is 0 Å². The van der Waals surface area contributed by atoms with E-state index in [0.29, 0.717) is 10.4 Å². The second kappa shape index (κ2) is 8.34. The summed E-state index contributed by atoms with van der Waals surface area (Å²) in [5.41, 5.74) is 2.78. The first-order valence-corrected chi connectivity index (χ1v) is 9.97. The summed E-state index contributed by atoms with van der Waals surface area (Å²) in [7, 11) is 0. The highest BCUT2D eigenvalue weighted by atomic mass is 32.2. The van der Waals surface area contributed by atoms with Crippen LogP contribution in [0.3, 0.4) is 0 Å². The maximum Gasteiger partial charge on any atom is 0.252 e. The van der Waals surface area contributed by atoms with Crippen molar-refractivity contribution in [2.75, 3.05) is 0 Å². The molecule has 1 amide bonds. The molecule has 1 aromatic heterocycles. The summed E-state index contributed by atoms with van der Waals surface area (Å²) in [6, 6.07) is 18.9. The lowest BCUT2D eigenvalue weighted by Crippen LogP contribution is -2.38. The molecule has 1 N–H and O–H groups in total. The van der Waals surface area contributed by atoms with E-state index in [2.05, 4.69) is 5.32 Å². The molecular weight excluding hydrogens is 362 g/mol. The van der Waals surface area contributed by atoms with Crippen molar-refractivity contribution in [1.82, 2.24) is 5.32 Å². The molecular formula is C21H19NO2S2. The number of hydrogen-bond donors (Lipinski definition) is 1. The van der Waals surface area contributed by atoms with E-state index < -0.39 is 5.37 Å². The molecule has 0 aliphatic rings. The maximum atomic E-state index is 12.9. The molecule has 1 heterocycles. The Balaban J connectivity index is 1.82. The van der Waals surface area contributed by atoms with Crippen LogP contribution in [0.2, 0.25) is 0 Å². The largest absolute Gasteiger partial charge is 0.333 e. The van der Waals surface area contributed by atoms with Gasteiger partial charge in [-0.15, -0.1) is 11.3 Å². The van der Waals surface area contributed by atoms with Crippen molar-refractivity contribution >= 4 is 34.8 Å². The van der Waals surface area contributed by atoms with Crippen LogP contribution in [0.15, 0.2) is 70.9 Å². The van der Waals surface area contributed by atoms with E-state index in [1.807, 2.05) is 61.7 Å². The van der Waals surface area contributed by atoms with Crippen molar-refractivity contribution in [2.24, 2.45) is 0 Å². The van der Waals surface area contributed by atoms with Crippen molar-refractivity contribution in [3.63, 3.8) is 0 Å². The van der Waals surface area contributed by atoms with E-state index in [1.54, 1.807) is 18.2 Å². The van der Waals surface area contributed by atoms with E-state index >= 15 is 0 Å². The topological polar surface area (TPSA) is 46.2 Å². The quantitative estimate of drug-likeness (QED) is 0.367. The number of nitrogens with one attached hydrogen (secondary N) is 1. The summed E-state index contributed by atoms with van der Waals surface area (Å²) >= 11 is 2.74. The fourth-order valence-electron chi connectivity index (χ4n) is 2.36. The fourth-order valence-corrected chi connectivity index (χ4v) is 4.09. The van der Waals surface area contributed by atoms with Crippen molar-refractivity contribution in [1.29, 1.82) is 0 Å². The number of rotatable bonds is 6. The Morgan fingerprint density at radius 2 is 1.54 bits per heavy atom. The van der Waals surface area contributed by atoms with Crippen LogP contribution < -0.4 is 5.32 Å². The van der Waals surface area contributed by atoms with Gasteiger partial charge in [0.25, 0.3) is 5.91 Å². The summed E-state index contributed by atoms with van der Waals surface area (Å²) in [6.07, 6.45) is 0. The zero-order valence-corrected chi connectivity index (χ0v) is 16.2. The van der Waals surface area contributed by atoms with E-state index in [-0.39, 0.29) is 11.7 Å². The van der Waals surface area contributed by atoms with Crippen LogP contribution in [0.25, 0.3) is 0 Å². The van der Waals surface area contributed by atoms with Crippen LogP contribution in [-0.4, -0.2) is 17.1 Å². The zero-order valence-electron chi connectivity index (χ0n) is 14.6. The molecule has 3 aromatic rings. The second-order valence-electron chi connectivity index (χ2n) is 5.99. The summed E-state index contributed by atoms with van der Waals surface area (Å²) in [5, 5.41) is 4.07. The first-order valence-electron chi connectivity index (χ1n) is 8.21. The molecule has 3 rings (SSSR count). The molecule has 132 valence electrons. The minimum absolute atomic E-state index is 0.0916. The van der Waals surface area contributed by atoms with Crippen LogP contribution in [0.1, 0.15) is 31.2 Å². The lowest BCUT2D eigenvalue weighted by atomic mass is 10.1. The fraction of sp³-hybridized carbons (Fsp3) is 0.143. The minimum Gasteiger partial charge on any atom is -0.333 e. The predicted octanol–water partition coefficient (Wildman–Crippen LogP) is 5.10. The third-order valence-electron chi connectivity index (χ3n) is 3.85. The maximum absolute atomic E-state index is 12.9. The Bertz CT molecular complexity index is 885. The molecule has 5 heteroatoms. The summed E-state index contributed by atoms with van der Waals surface area (Å²) in [4.78, 5) is 27.1. The molecule has 0 aliphatic heterocycles. The van der Waals surface area contributed by atoms with Crippen molar-refractivity contribution in [3.8, 4) is 0 Å². The minimum atomic E-state index is -0.676. The predicted molar refractivity (Wildman–Crippen MR) is 108 cm³/mol. The molecule has 0 saturated carbocycles. The van der Waals surface area contributed by atoms with Crippen LogP contribution in [0.4, 0.5) is 0 Å². The Morgan fingerprint density at radius 1 is 0.923 bits per heavy atom. The summed E-state index contributed by atoms with van der Waals surface area (Å²) < 4.78 is 0. The van der Waals surface area contributed by atoms with Gasteiger partial charge in [0.2, 0.25) is 5.78 Å². The number of thiophene rings is 1. The van der Waals surface area contributed by atoms with Gasteiger partial charge in [-0.05, 0) is 49.6 Å². The normalized spacial score (nSPS) is 11.8. The Morgan fingerprint density at radius 3 is 2.12 bits per heavy atom. The molecule has 0 fully saturated rings. The molecule has 0 radical (unpaired) electrons. The first-order chi connectivity index (χ1) is 12.5. The van der Waals surface area contributed by atoms with Gasteiger partial charge in [-0.3, -0.25) is 9.59 Å². The van der Waals surface area contributed by atoms with Crippen LogP contribution in [0, 0.1) is 13.8 Å². The van der Waals surface area contributed by atoms with E-state index in [1.165, 1.54) is 23.1 Å². The number of carbonyl (C=O) groups excluding carboxylic acids is 2. The van der Waals surface area contributed by atoms with Gasteiger partial charge in [-0.2, -0.15) is 0 Å². The standard InChI is InChI=1S/C21H19NO2S2/c1-14-5-9-16(10-6-14)20(24)22-21(19(23)18-4-3-13-25-18)26-17-11-7-15(2)8-12-17/h3-13,21H,1-2H3,(H,22,24). The van der Waals surface area contributed by atoms with Crippen molar-refractivity contribution < 1.29 is 9.59 Å². The molecule has 0 saturated heterocycles. The van der Waals surface area contributed by atoms with Crippen LogP contribution >= 0.6 is 23.1 Å². The number of carbonyl (C=O) groups is 2. The monoisotopic (exact) mass is 381 g/mol. The van der Waals surface area contributed by atoms with Crippen molar-refractivity contribution in [3.05, 3.63) is 87.6 Å². The SMILES string of the molecule is Cc1ccc(SC(NC(=O)c2ccc(C)cc2)C(=O)c2cccs2)cc1.